The van der Waals surface area contributed by atoms with Crippen LogP contribution in [0.4, 0.5) is 17.1 Å². The molecule has 0 bridgehead atoms. The SMILES string of the molecule is c1ccc(-c2cccc(N(c3ccc4c(c3)oc3cc5cnccc5cc34)c3ccc(-c4ccccc4)cc3-c3cccc4ccccc34)c2)cc1. The lowest BCUT2D eigenvalue weighted by Gasteiger charge is -2.29. The Hall–Kier alpha value is -6.97. The summed E-state index contributed by atoms with van der Waals surface area (Å²) in [5.41, 5.74) is 11.8. The molecule has 10 aromatic rings. The van der Waals surface area contributed by atoms with Gasteiger partial charge in [0, 0.05) is 51.6 Å². The predicted molar refractivity (Wildman–Crippen MR) is 218 cm³/mol. The average molecular weight is 665 g/mol. The molecule has 244 valence electrons. The molecule has 0 atom stereocenters. The summed E-state index contributed by atoms with van der Waals surface area (Å²) in [6, 6.07) is 65.1. The summed E-state index contributed by atoms with van der Waals surface area (Å²) in [4.78, 5) is 6.72. The Morgan fingerprint density at radius 1 is 0.385 bits per heavy atom. The zero-order valence-corrected chi connectivity index (χ0v) is 28.3. The van der Waals surface area contributed by atoms with Crippen LogP contribution in [0.3, 0.4) is 0 Å². The van der Waals surface area contributed by atoms with Crippen molar-refractivity contribution in [3.05, 3.63) is 194 Å². The second kappa shape index (κ2) is 12.4. The van der Waals surface area contributed by atoms with Crippen LogP contribution >= 0.6 is 0 Å². The second-order valence-corrected chi connectivity index (χ2v) is 13.2. The van der Waals surface area contributed by atoms with Crippen LogP contribution in [0, 0.1) is 0 Å². The molecule has 0 aliphatic heterocycles. The maximum absolute atomic E-state index is 6.61. The Bertz CT molecular complexity index is 2910. The molecule has 10 rings (SSSR count). The summed E-state index contributed by atoms with van der Waals surface area (Å²) in [6.45, 7) is 0. The van der Waals surface area contributed by atoms with Crippen molar-refractivity contribution in [3.8, 4) is 33.4 Å². The van der Waals surface area contributed by atoms with Gasteiger partial charge in [-0.25, -0.2) is 0 Å². The van der Waals surface area contributed by atoms with E-state index in [-0.39, 0.29) is 0 Å². The van der Waals surface area contributed by atoms with Crippen LogP contribution in [-0.2, 0) is 0 Å². The van der Waals surface area contributed by atoms with E-state index in [1.54, 1.807) is 0 Å². The van der Waals surface area contributed by atoms with E-state index in [2.05, 4.69) is 192 Å². The number of aromatic nitrogens is 1. The summed E-state index contributed by atoms with van der Waals surface area (Å²) in [6.07, 6.45) is 3.73. The fraction of sp³-hybridized carbons (Fsp3) is 0. The van der Waals surface area contributed by atoms with Crippen LogP contribution in [0.15, 0.2) is 199 Å². The first-order chi connectivity index (χ1) is 25.8. The molecule has 0 saturated heterocycles. The van der Waals surface area contributed by atoms with Crippen LogP contribution in [0.2, 0.25) is 0 Å². The van der Waals surface area contributed by atoms with E-state index < -0.39 is 0 Å². The third-order valence-electron chi connectivity index (χ3n) is 10.1. The van der Waals surface area contributed by atoms with E-state index in [0.717, 1.165) is 60.9 Å². The fourth-order valence-electron chi connectivity index (χ4n) is 7.59. The number of furan rings is 1. The van der Waals surface area contributed by atoms with Gasteiger partial charge in [-0.3, -0.25) is 4.98 Å². The standard InChI is InChI=1S/C49H32N2O/c1-3-11-33(12-4-1)36-17-9-18-40(27-36)51(41-22-23-44-46-29-38-25-26-50-32-39(38)30-48(46)52-49(44)31-41)47-24-21-37(34-13-5-2-6-14-34)28-45(47)43-20-10-16-35-15-7-8-19-42(35)43/h1-32H. The molecule has 2 heterocycles. The van der Waals surface area contributed by atoms with Crippen molar-refractivity contribution in [1.82, 2.24) is 4.98 Å². The molecule has 0 aliphatic rings. The van der Waals surface area contributed by atoms with Crippen molar-refractivity contribution in [2.45, 2.75) is 0 Å². The zero-order chi connectivity index (χ0) is 34.4. The van der Waals surface area contributed by atoms with Gasteiger partial charge in [-0.1, -0.05) is 121 Å². The van der Waals surface area contributed by atoms with Crippen molar-refractivity contribution in [2.75, 3.05) is 4.90 Å². The number of pyridine rings is 1. The second-order valence-electron chi connectivity index (χ2n) is 13.2. The van der Waals surface area contributed by atoms with Crippen molar-refractivity contribution < 1.29 is 4.42 Å². The minimum atomic E-state index is 0.840. The van der Waals surface area contributed by atoms with Crippen LogP contribution in [0.5, 0.6) is 0 Å². The quantitative estimate of drug-likeness (QED) is 0.177. The molecule has 8 aromatic carbocycles. The molecular weight excluding hydrogens is 633 g/mol. The molecule has 3 nitrogen and oxygen atoms in total. The number of fused-ring (bicyclic) bond motifs is 5. The van der Waals surface area contributed by atoms with Gasteiger partial charge in [-0.15, -0.1) is 0 Å². The predicted octanol–water partition coefficient (Wildman–Crippen LogP) is 13.8. The molecular formula is C49H32N2O. The molecule has 52 heavy (non-hydrogen) atoms. The Labute approximate surface area is 301 Å². The number of hydrogen-bond acceptors (Lipinski definition) is 3. The van der Waals surface area contributed by atoms with Gasteiger partial charge in [0.1, 0.15) is 11.2 Å². The van der Waals surface area contributed by atoms with E-state index in [4.69, 9.17) is 4.42 Å². The number of rotatable bonds is 6. The van der Waals surface area contributed by atoms with Gasteiger partial charge in [-0.05, 0) is 98.6 Å². The van der Waals surface area contributed by atoms with E-state index >= 15 is 0 Å². The Balaban J connectivity index is 1.24. The first-order valence-corrected chi connectivity index (χ1v) is 17.6. The van der Waals surface area contributed by atoms with E-state index in [1.165, 1.54) is 33.0 Å². The van der Waals surface area contributed by atoms with Crippen LogP contribution in [0.1, 0.15) is 0 Å². The van der Waals surface area contributed by atoms with E-state index in [9.17, 15) is 0 Å². The van der Waals surface area contributed by atoms with E-state index in [1.807, 2.05) is 12.4 Å². The minimum absolute atomic E-state index is 0.840. The lowest BCUT2D eigenvalue weighted by molar-refractivity contribution is 0.669. The summed E-state index contributed by atoms with van der Waals surface area (Å²) in [5.74, 6) is 0. The van der Waals surface area contributed by atoms with Crippen molar-refractivity contribution in [2.24, 2.45) is 0 Å². The molecule has 0 N–H and O–H groups in total. The maximum atomic E-state index is 6.61. The molecule has 0 saturated carbocycles. The van der Waals surface area contributed by atoms with E-state index in [0.29, 0.717) is 0 Å². The molecule has 0 fully saturated rings. The largest absolute Gasteiger partial charge is 0.456 e. The molecule has 2 aromatic heterocycles. The smallest absolute Gasteiger partial charge is 0.137 e. The van der Waals surface area contributed by atoms with Crippen LogP contribution in [0.25, 0.3) is 76.9 Å². The number of benzene rings is 8. The van der Waals surface area contributed by atoms with Gasteiger partial charge in [-0.2, -0.15) is 0 Å². The van der Waals surface area contributed by atoms with Gasteiger partial charge < -0.3 is 9.32 Å². The Kier molecular flexibility index (Phi) is 7.14. The maximum Gasteiger partial charge on any atom is 0.137 e. The molecule has 0 unspecified atom stereocenters. The first-order valence-electron chi connectivity index (χ1n) is 17.6. The topological polar surface area (TPSA) is 29.3 Å². The monoisotopic (exact) mass is 664 g/mol. The molecule has 0 spiro atoms. The van der Waals surface area contributed by atoms with Gasteiger partial charge >= 0.3 is 0 Å². The van der Waals surface area contributed by atoms with Crippen LogP contribution in [-0.4, -0.2) is 4.98 Å². The summed E-state index contributed by atoms with van der Waals surface area (Å²) >= 11 is 0. The fourth-order valence-corrected chi connectivity index (χ4v) is 7.59. The molecule has 0 radical (unpaired) electrons. The van der Waals surface area contributed by atoms with Gasteiger partial charge in [0.2, 0.25) is 0 Å². The highest BCUT2D eigenvalue weighted by atomic mass is 16.3. The lowest BCUT2D eigenvalue weighted by Crippen LogP contribution is -2.11. The molecule has 0 amide bonds. The minimum Gasteiger partial charge on any atom is -0.456 e. The zero-order valence-electron chi connectivity index (χ0n) is 28.3. The lowest BCUT2D eigenvalue weighted by atomic mass is 9.92. The third kappa shape index (κ3) is 5.19. The van der Waals surface area contributed by atoms with Crippen molar-refractivity contribution >= 4 is 60.5 Å². The highest BCUT2D eigenvalue weighted by Gasteiger charge is 2.21. The third-order valence-corrected chi connectivity index (χ3v) is 10.1. The van der Waals surface area contributed by atoms with Crippen molar-refractivity contribution in [1.29, 1.82) is 0 Å². The van der Waals surface area contributed by atoms with Crippen molar-refractivity contribution in [3.63, 3.8) is 0 Å². The average Bonchev–Trinajstić information content (AvgIpc) is 3.57. The number of hydrogen-bond donors (Lipinski definition) is 0. The summed E-state index contributed by atoms with van der Waals surface area (Å²) < 4.78 is 6.61. The highest BCUT2D eigenvalue weighted by Crippen LogP contribution is 2.46. The first kappa shape index (κ1) is 29.9. The number of anilines is 3. The molecule has 0 aliphatic carbocycles. The highest BCUT2D eigenvalue weighted by molar-refractivity contribution is 6.11. The summed E-state index contributed by atoms with van der Waals surface area (Å²) in [5, 5.41) is 6.81. The Morgan fingerprint density at radius 2 is 1.08 bits per heavy atom. The Morgan fingerprint density at radius 3 is 1.92 bits per heavy atom. The number of nitrogens with zero attached hydrogens (tertiary/aromatic N) is 2. The summed E-state index contributed by atoms with van der Waals surface area (Å²) in [7, 11) is 0. The van der Waals surface area contributed by atoms with Crippen LogP contribution < -0.4 is 4.90 Å². The molecule has 3 heteroatoms. The van der Waals surface area contributed by atoms with Gasteiger partial charge in [0.05, 0.1) is 5.69 Å². The van der Waals surface area contributed by atoms with Gasteiger partial charge in [0.15, 0.2) is 0 Å². The normalized spacial score (nSPS) is 11.5. The van der Waals surface area contributed by atoms with Gasteiger partial charge in [0.25, 0.3) is 0 Å².